The van der Waals surface area contributed by atoms with E-state index < -0.39 is 17.0 Å². The molecule has 3 aromatic carbocycles. The highest BCUT2D eigenvalue weighted by Gasteiger charge is 2.41. The SMILES string of the molecule is N#CC1(c2ccccc2)C/C(=C\c2ccccc2F)C(=O)/C(=C/c2ccccc2F)C1. The first-order valence-corrected chi connectivity index (χ1v) is 9.94. The molecule has 0 aromatic heterocycles. The summed E-state index contributed by atoms with van der Waals surface area (Å²) >= 11 is 0. The average molecular weight is 411 g/mol. The molecular weight excluding hydrogens is 392 g/mol. The maximum absolute atomic E-state index is 14.3. The summed E-state index contributed by atoms with van der Waals surface area (Å²) in [6.45, 7) is 0. The van der Waals surface area contributed by atoms with Crippen LogP contribution in [0.3, 0.4) is 0 Å². The molecule has 1 fully saturated rings. The Hall–Kier alpha value is -3.84. The number of halogens is 2. The zero-order chi connectivity index (χ0) is 21.8. The van der Waals surface area contributed by atoms with E-state index in [-0.39, 0.29) is 29.8 Å². The summed E-state index contributed by atoms with van der Waals surface area (Å²) in [5, 5.41) is 10.2. The van der Waals surface area contributed by atoms with Gasteiger partial charge in [-0.15, -0.1) is 0 Å². The highest BCUT2D eigenvalue weighted by atomic mass is 19.1. The fourth-order valence-corrected chi connectivity index (χ4v) is 3.98. The van der Waals surface area contributed by atoms with Crippen LogP contribution in [-0.2, 0) is 10.2 Å². The molecule has 1 aliphatic carbocycles. The molecule has 0 radical (unpaired) electrons. The molecule has 2 nitrogen and oxygen atoms in total. The molecule has 4 rings (SSSR count). The standard InChI is InChI=1S/C27H19F2NO/c28-24-12-6-4-8-19(24)14-21-16-27(18-30,23-10-2-1-3-11-23)17-22(26(21)31)15-20-9-5-7-13-25(20)29/h1-15H,16-17H2/b21-14+,22-15+. The first kappa shape index (κ1) is 20.4. The predicted octanol–water partition coefficient (Wildman–Crippen LogP) is 6.26. The summed E-state index contributed by atoms with van der Waals surface area (Å²) in [5.41, 5.74) is 0.955. The summed E-state index contributed by atoms with van der Waals surface area (Å²) in [7, 11) is 0. The molecule has 4 heteroatoms. The average Bonchev–Trinajstić information content (AvgIpc) is 2.80. The molecule has 1 saturated carbocycles. The minimum Gasteiger partial charge on any atom is -0.289 e. The number of hydrogen-bond donors (Lipinski definition) is 0. The monoisotopic (exact) mass is 411 g/mol. The van der Waals surface area contributed by atoms with Crippen LogP contribution in [0.25, 0.3) is 12.2 Å². The Balaban J connectivity index is 1.88. The number of benzene rings is 3. The van der Waals surface area contributed by atoms with Gasteiger partial charge in [0, 0.05) is 22.3 Å². The quantitative estimate of drug-likeness (QED) is 0.478. The van der Waals surface area contributed by atoms with Crippen molar-refractivity contribution < 1.29 is 13.6 Å². The van der Waals surface area contributed by atoms with E-state index in [1.54, 1.807) is 36.4 Å². The molecule has 1 aliphatic rings. The lowest BCUT2D eigenvalue weighted by Gasteiger charge is -2.33. The van der Waals surface area contributed by atoms with Gasteiger partial charge in [0.05, 0.1) is 11.5 Å². The van der Waals surface area contributed by atoms with Crippen molar-refractivity contribution in [2.45, 2.75) is 18.3 Å². The zero-order valence-corrected chi connectivity index (χ0v) is 16.7. The molecule has 0 spiro atoms. The lowest BCUT2D eigenvalue weighted by molar-refractivity contribution is -0.113. The summed E-state index contributed by atoms with van der Waals surface area (Å²) in [6.07, 6.45) is 3.30. The van der Waals surface area contributed by atoms with Crippen molar-refractivity contribution in [1.29, 1.82) is 5.26 Å². The molecule has 0 aliphatic heterocycles. The number of ketones is 1. The largest absolute Gasteiger partial charge is 0.289 e. The molecule has 31 heavy (non-hydrogen) atoms. The molecule has 0 saturated heterocycles. The maximum Gasteiger partial charge on any atom is 0.185 e. The van der Waals surface area contributed by atoms with Crippen LogP contribution in [0.1, 0.15) is 29.5 Å². The summed E-state index contributed by atoms with van der Waals surface area (Å²) in [4.78, 5) is 13.3. The van der Waals surface area contributed by atoms with Gasteiger partial charge in [-0.25, -0.2) is 8.78 Å². The Morgan fingerprint density at radius 1 is 0.742 bits per heavy atom. The van der Waals surface area contributed by atoms with E-state index in [9.17, 15) is 18.8 Å². The van der Waals surface area contributed by atoms with Gasteiger partial charge in [0.1, 0.15) is 11.6 Å². The summed E-state index contributed by atoms with van der Waals surface area (Å²) < 4.78 is 28.6. The second-order valence-electron chi connectivity index (χ2n) is 7.62. The first-order chi connectivity index (χ1) is 15.0. The van der Waals surface area contributed by atoms with Crippen LogP contribution < -0.4 is 0 Å². The van der Waals surface area contributed by atoms with Gasteiger partial charge in [-0.1, -0.05) is 66.7 Å². The van der Waals surface area contributed by atoms with E-state index >= 15 is 0 Å². The predicted molar refractivity (Wildman–Crippen MR) is 117 cm³/mol. The van der Waals surface area contributed by atoms with E-state index in [2.05, 4.69) is 6.07 Å². The number of allylic oxidation sites excluding steroid dienone is 2. The zero-order valence-electron chi connectivity index (χ0n) is 16.7. The second-order valence-corrected chi connectivity index (χ2v) is 7.62. The number of carbonyl (C=O) groups excluding carboxylic acids is 1. The van der Waals surface area contributed by atoms with Crippen LogP contribution in [-0.4, -0.2) is 5.78 Å². The number of nitriles is 1. The maximum atomic E-state index is 14.3. The Morgan fingerprint density at radius 2 is 1.19 bits per heavy atom. The van der Waals surface area contributed by atoms with Crippen molar-refractivity contribution in [1.82, 2.24) is 0 Å². The van der Waals surface area contributed by atoms with Crippen LogP contribution in [0.4, 0.5) is 8.78 Å². The van der Waals surface area contributed by atoms with Crippen LogP contribution in [0, 0.1) is 23.0 Å². The van der Waals surface area contributed by atoms with Crippen molar-refractivity contribution >= 4 is 17.9 Å². The number of rotatable bonds is 3. The molecular formula is C27H19F2NO. The van der Waals surface area contributed by atoms with Gasteiger partial charge < -0.3 is 0 Å². The van der Waals surface area contributed by atoms with Gasteiger partial charge in [-0.05, 0) is 42.7 Å². The van der Waals surface area contributed by atoms with Crippen molar-refractivity contribution in [2.75, 3.05) is 0 Å². The minimum absolute atomic E-state index is 0.148. The van der Waals surface area contributed by atoms with Gasteiger partial charge in [0.25, 0.3) is 0 Å². The third-order valence-electron chi connectivity index (χ3n) is 5.58. The van der Waals surface area contributed by atoms with E-state index in [0.29, 0.717) is 11.1 Å². The van der Waals surface area contributed by atoms with Crippen molar-refractivity contribution in [3.05, 3.63) is 118 Å². The van der Waals surface area contributed by atoms with Gasteiger partial charge in [-0.3, -0.25) is 4.79 Å². The summed E-state index contributed by atoms with van der Waals surface area (Å²) in [6, 6.07) is 24.0. The van der Waals surface area contributed by atoms with E-state index in [1.807, 2.05) is 30.3 Å². The molecule has 0 heterocycles. The lowest BCUT2D eigenvalue weighted by atomic mass is 9.66. The molecule has 0 bridgehead atoms. The van der Waals surface area contributed by atoms with Crippen LogP contribution in [0.15, 0.2) is 90.0 Å². The molecule has 0 unspecified atom stereocenters. The number of Topliss-reactive ketones (excluding diaryl/α,β-unsaturated/α-hetero) is 1. The Labute approximate surface area is 179 Å². The van der Waals surface area contributed by atoms with Gasteiger partial charge in [0.2, 0.25) is 0 Å². The molecule has 152 valence electrons. The molecule has 3 aromatic rings. The van der Waals surface area contributed by atoms with E-state index in [0.717, 1.165) is 5.56 Å². The summed E-state index contributed by atoms with van der Waals surface area (Å²) in [5.74, 6) is -1.20. The van der Waals surface area contributed by atoms with E-state index in [1.165, 1.54) is 24.3 Å². The number of hydrogen-bond acceptors (Lipinski definition) is 2. The van der Waals surface area contributed by atoms with E-state index in [4.69, 9.17) is 0 Å². The van der Waals surface area contributed by atoms with Crippen molar-refractivity contribution in [3.63, 3.8) is 0 Å². The van der Waals surface area contributed by atoms with Gasteiger partial charge in [0.15, 0.2) is 5.78 Å². The van der Waals surface area contributed by atoms with Gasteiger partial charge >= 0.3 is 0 Å². The minimum atomic E-state index is -1.01. The van der Waals surface area contributed by atoms with Crippen LogP contribution in [0.5, 0.6) is 0 Å². The number of carbonyl (C=O) groups is 1. The first-order valence-electron chi connectivity index (χ1n) is 9.94. The second kappa shape index (κ2) is 8.49. The number of nitrogens with zero attached hydrogens (tertiary/aromatic N) is 1. The fourth-order valence-electron chi connectivity index (χ4n) is 3.98. The Kier molecular flexibility index (Phi) is 5.60. The normalized spacial score (nSPS) is 21.3. The third-order valence-corrected chi connectivity index (χ3v) is 5.58. The van der Waals surface area contributed by atoms with Crippen molar-refractivity contribution in [2.24, 2.45) is 0 Å². The molecule has 0 amide bonds. The van der Waals surface area contributed by atoms with Crippen molar-refractivity contribution in [3.8, 4) is 6.07 Å². The highest BCUT2D eigenvalue weighted by Crippen LogP contribution is 2.43. The van der Waals surface area contributed by atoms with Crippen LogP contribution >= 0.6 is 0 Å². The van der Waals surface area contributed by atoms with Gasteiger partial charge in [-0.2, -0.15) is 5.26 Å². The van der Waals surface area contributed by atoms with Crippen LogP contribution in [0.2, 0.25) is 0 Å². The topological polar surface area (TPSA) is 40.9 Å². The smallest absolute Gasteiger partial charge is 0.185 e. The lowest BCUT2D eigenvalue weighted by Crippen LogP contribution is -2.33. The highest BCUT2D eigenvalue weighted by molar-refractivity contribution is 6.14. The third kappa shape index (κ3) is 4.08. The fraction of sp³-hybridized carbons (Fsp3) is 0.111. The molecule has 0 atom stereocenters. The molecule has 0 N–H and O–H groups in total. The Morgan fingerprint density at radius 3 is 1.65 bits per heavy atom. The Bertz CT molecular complexity index is 1170.